The summed E-state index contributed by atoms with van der Waals surface area (Å²) in [6.07, 6.45) is 8.12. The van der Waals surface area contributed by atoms with Gasteiger partial charge < -0.3 is 0 Å². The monoisotopic (exact) mass is 221 g/mol. The number of hydrogen-bond donors (Lipinski definition) is 0. The van der Waals surface area contributed by atoms with Gasteiger partial charge in [-0.3, -0.25) is 9.69 Å². The lowest BCUT2D eigenvalue weighted by atomic mass is 9.99. The summed E-state index contributed by atoms with van der Waals surface area (Å²) < 4.78 is 0. The second-order valence-electron chi connectivity index (χ2n) is 5.72. The predicted molar refractivity (Wildman–Crippen MR) is 66.3 cm³/mol. The molecule has 1 saturated carbocycles. The molecule has 2 fully saturated rings. The number of nitrogens with zero attached hydrogens (tertiary/aromatic N) is 1. The van der Waals surface area contributed by atoms with Gasteiger partial charge in [0, 0.05) is 25.6 Å². The lowest BCUT2D eigenvalue weighted by Gasteiger charge is -2.30. The van der Waals surface area contributed by atoms with E-state index < -0.39 is 0 Å². The highest BCUT2D eigenvalue weighted by Gasteiger charge is 2.31. The van der Waals surface area contributed by atoms with Crippen molar-refractivity contribution in [1.29, 1.82) is 0 Å². The molecule has 0 aromatic rings. The van der Waals surface area contributed by atoms with Crippen LogP contribution in [0.3, 0.4) is 0 Å². The summed E-state index contributed by atoms with van der Waals surface area (Å²) in [5.41, 5.74) is 0. The van der Waals surface area contributed by atoms with Gasteiger partial charge in [0.05, 0.1) is 0 Å². The zero-order valence-electron chi connectivity index (χ0n) is 10.5. The van der Waals surface area contributed by atoms with Crippen molar-refractivity contribution in [2.75, 3.05) is 19.6 Å². The maximum Gasteiger partial charge on any atom is 0.157 e. The Morgan fingerprint density at radius 2 is 1.94 bits per heavy atom. The Morgan fingerprint density at radius 3 is 2.50 bits per heavy atom. The van der Waals surface area contributed by atoms with E-state index in [2.05, 4.69) is 4.90 Å². The zero-order valence-corrected chi connectivity index (χ0v) is 10.5. The van der Waals surface area contributed by atoms with Crippen molar-refractivity contribution in [3.63, 3.8) is 0 Å². The molecular weight excluding hydrogens is 198 g/mol. The molecule has 2 atom stereocenters. The Balaban J connectivity index is 1.76. The molecule has 0 aromatic heterocycles. The van der Waals surface area contributed by atoms with Crippen molar-refractivity contribution >= 4 is 5.78 Å². The fourth-order valence-corrected chi connectivity index (χ4v) is 2.97. The number of allylic oxidation sites excluding steroid dienone is 1. The Labute approximate surface area is 98.7 Å². The molecule has 2 nitrogen and oxygen atoms in total. The van der Waals surface area contributed by atoms with E-state index in [-0.39, 0.29) is 11.7 Å². The van der Waals surface area contributed by atoms with Gasteiger partial charge >= 0.3 is 0 Å². The van der Waals surface area contributed by atoms with Gasteiger partial charge in [0.15, 0.2) is 5.78 Å². The number of carbonyl (C=O) groups excluding carboxylic acids is 1. The molecular formula is C14H23NO. The van der Waals surface area contributed by atoms with Crippen molar-refractivity contribution in [2.24, 2.45) is 17.8 Å². The molecule has 0 radical (unpaired) electrons. The molecule has 0 spiro atoms. The van der Waals surface area contributed by atoms with E-state index in [4.69, 9.17) is 0 Å². The minimum Gasteiger partial charge on any atom is -0.299 e. The zero-order chi connectivity index (χ0) is 11.5. The van der Waals surface area contributed by atoms with Crippen LogP contribution in [0.2, 0.25) is 0 Å². The summed E-state index contributed by atoms with van der Waals surface area (Å²) in [7, 11) is 0. The van der Waals surface area contributed by atoms with E-state index >= 15 is 0 Å². The van der Waals surface area contributed by atoms with Crippen molar-refractivity contribution in [3.05, 3.63) is 12.2 Å². The van der Waals surface area contributed by atoms with E-state index in [1.165, 1.54) is 32.4 Å². The molecule has 0 N–H and O–H groups in total. The van der Waals surface area contributed by atoms with Crippen molar-refractivity contribution in [3.8, 4) is 0 Å². The van der Waals surface area contributed by atoms with Crippen LogP contribution in [0.25, 0.3) is 0 Å². The normalized spacial score (nSPS) is 30.4. The van der Waals surface area contributed by atoms with Crippen LogP contribution in [0, 0.1) is 17.8 Å². The number of likely N-dealkylation sites (tertiary alicyclic amines) is 1. The molecule has 1 aliphatic carbocycles. The largest absolute Gasteiger partial charge is 0.299 e. The maximum atomic E-state index is 11.4. The highest BCUT2D eigenvalue weighted by Crippen LogP contribution is 2.36. The topological polar surface area (TPSA) is 20.3 Å². The van der Waals surface area contributed by atoms with Crippen LogP contribution >= 0.6 is 0 Å². The third-order valence-electron chi connectivity index (χ3n) is 3.90. The van der Waals surface area contributed by atoms with Gasteiger partial charge in [-0.05, 0) is 37.2 Å². The molecule has 1 heterocycles. The minimum atomic E-state index is 0.133. The third-order valence-corrected chi connectivity index (χ3v) is 3.90. The Morgan fingerprint density at radius 1 is 1.31 bits per heavy atom. The first kappa shape index (κ1) is 11.8. The van der Waals surface area contributed by atoms with Crippen LogP contribution in [0.15, 0.2) is 12.2 Å². The summed E-state index contributed by atoms with van der Waals surface area (Å²) in [5, 5.41) is 0. The lowest BCUT2D eigenvalue weighted by molar-refractivity contribution is -0.117. The number of ketones is 1. The molecule has 16 heavy (non-hydrogen) atoms. The predicted octanol–water partition coefficient (Wildman–Crippen LogP) is 2.50. The van der Waals surface area contributed by atoms with E-state index in [0.717, 1.165) is 18.4 Å². The van der Waals surface area contributed by atoms with Gasteiger partial charge in [-0.25, -0.2) is 0 Å². The Kier molecular flexibility index (Phi) is 3.80. The van der Waals surface area contributed by atoms with Gasteiger partial charge in [0.2, 0.25) is 0 Å². The van der Waals surface area contributed by atoms with Crippen LogP contribution in [0.4, 0.5) is 0 Å². The number of fused-ring (bicyclic) bond motifs is 2. The van der Waals surface area contributed by atoms with Gasteiger partial charge in [0.1, 0.15) is 0 Å². The molecule has 90 valence electrons. The molecule has 0 aromatic carbocycles. The molecule has 2 aliphatic rings. The van der Waals surface area contributed by atoms with Crippen LogP contribution in [0.5, 0.6) is 0 Å². The van der Waals surface area contributed by atoms with Gasteiger partial charge in [-0.1, -0.05) is 19.9 Å². The molecule has 2 rings (SSSR count). The fraction of sp³-hybridized carbons (Fsp3) is 0.786. The second kappa shape index (κ2) is 5.13. The van der Waals surface area contributed by atoms with E-state index in [1.807, 2.05) is 19.9 Å². The summed E-state index contributed by atoms with van der Waals surface area (Å²) in [6.45, 7) is 7.36. The number of carbonyl (C=O) groups is 1. The van der Waals surface area contributed by atoms with Crippen molar-refractivity contribution in [2.45, 2.75) is 33.1 Å². The summed E-state index contributed by atoms with van der Waals surface area (Å²) in [4.78, 5) is 13.9. The Bertz CT molecular complexity index is 270. The maximum absolute atomic E-state index is 11.4. The smallest absolute Gasteiger partial charge is 0.157 e. The minimum absolute atomic E-state index is 0.133. The third kappa shape index (κ3) is 2.94. The quantitative estimate of drug-likeness (QED) is 0.680. The van der Waals surface area contributed by atoms with Crippen molar-refractivity contribution < 1.29 is 4.79 Å². The fourth-order valence-electron chi connectivity index (χ4n) is 2.97. The SMILES string of the molecule is CC(C)C(=O)/C=C/CN1CC2CCC(C2)C1. The molecule has 1 saturated heterocycles. The van der Waals surface area contributed by atoms with Crippen LogP contribution in [0.1, 0.15) is 33.1 Å². The highest BCUT2D eigenvalue weighted by atomic mass is 16.1. The first-order valence-electron chi connectivity index (χ1n) is 6.58. The van der Waals surface area contributed by atoms with Crippen LogP contribution < -0.4 is 0 Å². The summed E-state index contributed by atoms with van der Waals surface area (Å²) >= 11 is 0. The first-order valence-corrected chi connectivity index (χ1v) is 6.58. The molecule has 0 amide bonds. The second-order valence-corrected chi connectivity index (χ2v) is 5.72. The van der Waals surface area contributed by atoms with Gasteiger partial charge in [-0.15, -0.1) is 0 Å². The average molecular weight is 221 g/mol. The van der Waals surface area contributed by atoms with Crippen LogP contribution in [-0.2, 0) is 4.79 Å². The lowest BCUT2D eigenvalue weighted by Crippen LogP contribution is -2.36. The highest BCUT2D eigenvalue weighted by molar-refractivity contribution is 5.91. The first-order chi connectivity index (χ1) is 7.65. The number of rotatable bonds is 4. The van der Waals surface area contributed by atoms with E-state index in [0.29, 0.717) is 0 Å². The number of piperidine rings is 1. The van der Waals surface area contributed by atoms with E-state index in [9.17, 15) is 4.79 Å². The van der Waals surface area contributed by atoms with E-state index in [1.54, 1.807) is 6.08 Å². The van der Waals surface area contributed by atoms with Gasteiger partial charge in [-0.2, -0.15) is 0 Å². The number of hydrogen-bond acceptors (Lipinski definition) is 2. The average Bonchev–Trinajstić information content (AvgIpc) is 2.58. The molecule has 2 unspecified atom stereocenters. The standard InChI is InChI=1S/C14H23NO/c1-11(2)14(16)4-3-7-15-9-12-5-6-13(8-12)10-15/h3-4,11-13H,5-10H2,1-2H3/b4-3+. The van der Waals surface area contributed by atoms with Gasteiger partial charge in [0.25, 0.3) is 0 Å². The molecule has 2 bridgehead atoms. The Hall–Kier alpha value is -0.630. The summed E-state index contributed by atoms with van der Waals surface area (Å²) in [6, 6.07) is 0. The van der Waals surface area contributed by atoms with Crippen molar-refractivity contribution in [1.82, 2.24) is 4.90 Å². The molecule has 1 aliphatic heterocycles. The molecule has 2 heteroatoms. The van der Waals surface area contributed by atoms with Crippen LogP contribution in [-0.4, -0.2) is 30.3 Å². The summed E-state index contributed by atoms with van der Waals surface area (Å²) in [5.74, 6) is 2.26.